The summed E-state index contributed by atoms with van der Waals surface area (Å²) < 4.78 is 0. The maximum absolute atomic E-state index is 2.24. The lowest BCUT2D eigenvalue weighted by Crippen LogP contribution is -1.73. The van der Waals surface area contributed by atoms with Crippen LogP contribution in [0.25, 0.3) is 0 Å². The van der Waals surface area contributed by atoms with Crippen LogP contribution in [0.15, 0.2) is 22.6 Å². The summed E-state index contributed by atoms with van der Waals surface area (Å²) in [6.45, 7) is 6.39. The summed E-state index contributed by atoms with van der Waals surface area (Å²) >= 11 is 1.83. The zero-order chi connectivity index (χ0) is 7.98. The molecular weight excluding hydrogens is 140 g/mol. The molecule has 10 heavy (non-hydrogen) atoms. The molecule has 0 rings (SSSR count). The van der Waals surface area contributed by atoms with Gasteiger partial charge in [-0.3, -0.25) is 0 Å². The largest absolute Gasteiger partial charge is 0.134 e. The van der Waals surface area contributed by atoms with Gasteiger partial charge in [0.2, 0.25) is 0 Å². The standard InChI is InChI=1S/C9H16S/c1-5-8(3)7-9(6-2)10-4/h5,7H,6H2,1-4H3/b8-5-,9-7-. The molecule has 0 aromatic heterocycles. The van der Waals surface area contributed by atoms with E-state index in [2.05, 4.69) is 39.2 Å². The van der Waals surface area contributed by atoms with Crippen molar-refractivity contribution in [1.82, 2.24) is 0 Å². The first-order chi connectivity index (χ1) is 4.74. The monoisotopic (exact) mass is 156 g/mol. The minimum Gasteiger partial charge on any atom is -0.134 e. The van der Waals surface area contributed by atoms with E-state index in [1.54, 1.807) is 0 Å². The maximum Gasteiger partial charge on any atom is -0.0140 e. The Kier molecular flexibility index (Phi) is 5.51. The van der Waals surface area contributed by atoms with Crippen molar-refractivity contribution < 1.29 is 0 Å². The van der Waals surface area contributed by atoms with Crippen LogP contribution in [0.3, 0.4) is 0 Å². The van der Waals surface area contributed by atoms with E-state index in [1.807, 2.05) is 11.8 Å². The number of allylic oxidation sites excluding steroid dienone is 4. The lowest BCUT2D eigenvalue weighted by molar-refractivity contribution is 1.19. The van der Waals surface area contributed by atoms with Crippen LogP contribution in [0.1, 0.15) is 27.2 Å². The average molecular weight is 156 g/mol. The molecule has 58 valence electrons. The summed E-state index contributed by atoms with van der Waals surface area (Å²) in [5.74, 6) is 0. The molecule has 0 aliphatic rings. The normalized spacial score (nSPS) is 14.0. The Bertz CT molecular complexity index is 137. The summed E-state index contributed by atoms with van der Waals surface area (Å²) in [7, 11) is 0. The van der Waals surface area contributed by atoms with Gasteiger partial charge in [-0.15, -0.1) is 11.8 Å². The number of hydrogen-bond donors (Lipinski definition) is 0. The molecule has 0 radical (unpaired) electrons. The van der Waals surface area contributed by atoms with Gasteiger partial charge in [0.05, 0.1) is 0 Å². The lowest BCUT2D eigenvalue weighted by atomic mass is 10.2. The van der Waals surface area contributed by atoms with Crippen LogP contribution in [0, 0.1) is 0 Å². The van der Waals surface area contributed by atoms with Crippen LogP contribution in [0.2, 0.25) is 0 Å². The molecule has 0 N–H and O–H groups in total. The van der Waals surface area contributed by atoms with Crippen molar-refractivity contribution in [2.45, 2.75) is 27.2 Å². The highest BCUT2D eigenvalue weighted by atomic mass is 32.2. The van der Waals surface area contributed by atoms with E-state index in [0.717, 1.165) is 6.42 Å². The number of thioether (sulfide) groups is 1. The first-order valence-corrected chi connectivity index (χ1v) is 4.84. The van der Waals surface area contributed by atoms with Crippen molar-refractivity contribution in [1.29, 1.82) is 0 Å². The Labute approximate surface area is 68.4 Å². The number of hydrogen-bond acceptors (Lipinski definition) is 1. The maximum atomic E-state index is 2.24. The third-order valence-electron chi connectivity index (χ3n) is 1.45. The van der Waals surface area contributed by atoms with Crippen LogP contribution in [-0.2, 0) is 0 Å². The lowest BCUT2D eigenvalue weighted by Gasteiger charge is -1.98. The Morgan fingerprint density at radius 2 is 2.10 bits per heavy atom. The van der Waals surface area contributed by atoms with E-state index < -0.39 is 0 Å². The van der Waals surface area contributed by atoms with E-state index in [4.69, 9.17) is 0 Å². The van der Waals surface area contributed by atoms with Crippen molar-refractivity contribution in [2.24, 2.45) is 0 Å². The molecule has 0 spiro atoms. The van der Waals surface area contributed by atoms with Crippen molar-refractivity contribution in [3.8, 4) is 0 Å². The predicted octanol–water partition coefficient (Wildman–Crippen LogP) is 3.61. The minimum atomic E-state index is 1.15. The molecule has 0 aromatic rings. The van der Waals surface area contributed by atoms with Crippen LogP contribution < -0.4 is 0 Å². The summed E-state index contributed by atoms with van der Waals surface area (Å²) in [4.78, 5) is 1.45. The highest BCUT2D eigenvalue weighted by molar-refractivity contribution is 8.02. The van der Waals surface area contributed by atoms with Gasteiger partial charge >= 0.3 is 0 Å². The SMILES string of the molecule is C/C=C(C)\C=C(\CC)SC. The molecule has 0 atom stereocenters. The van der Waals surface area contributed by atoms with Gasteiger partial charge in [0.25, 0.3) is 0 Å². The zero-order valence-electron chi connectivity index (χ0n) is 7.27. The molecule has 0 fully saturated rings. The topological polar surface area (TPSA) is 0 Å². The molecule has 0 unspecified atom stereocenters. The molecule has 0 aromatic carbocycles. The fraction of sp³-hybridized carbons (Fsp3) is 0.556. The van der Waals surface area contributed by atoms with Gasteiger partial charge in [0, 0.05) is 0 Å². The molecule has 0 bridgehead atoms. The second-order valence-corrected chi connectivity index (χ2v) is 3.13. The molecule has 0 saturated carbocycles. The van der Waals surface area contributed by atoms with E-state index in [-0.39, 0.29) is 0 Å². The van der Waals surface area contributed by atoms with Gasteiger partial charge in [0.15, 0.2) is 0 Å². The van der Waals surface area contributed by atoms with E-state index in [1.165, 1.54) is 10.5 Å². The Morgan fingerprint density at radius 3 is 2.40 bits per heavy atom. The fourth-order valence-electron chi connectivity index (χ4n) is 0.643. The van der Waals surface area contributed by atoms with Crippen LogP contribution >= 0.6 is 11.8 Å². The zero-order valence-corrected chi connectivity index (χ0v) is 8.09. The highest BCUT2D eigenvalue weighted by Gasteiger charge is 1.89. The number of rotatable bonds is 3. The molecule has 0 saturated heterocycles. The quantitative estimate of drug-likeness (QED) is 0.562. The summed E-state index contributed by atoms with van der Waals surface area (Å²) in [6.07, 6.45) is 7.64. The first-order valence-electron chi connectivity index (χ1n) is 3.62. The smallest absolute Gasteiger partial charge is 0.0140 e. The van der Waals surface area contributed by atoms with Gasteiger partial charge in [0.1, 0.15) is 0 Å². The van der Waals surface area contributed by atoms with E-state index in [0.29, 0.717) is 0 Å². The second kappa shape index (κ2) is 5.60. The predicted molar refractivity (Wildman–Crippen MR) is 51.3 cm³/mol. The molecule has 0 aliphatic carbocycles. The van der Waals surface area contributed by atoms with Crippen LogP contribution in [0.5, 0.6) is 0 Å². The van der Waals surface area contributed by atoms with Crippen molar-refractivity contribution in [3.63, 3.8) is 0 Å². The third kappa shape index (κ3) is 3.78. The van der Waals surface area contributed by atoms with Crippen LogP contribution in [-0.4, -0.2) is 6.26 Å². The summed E-state index contributed by atoms with van der Waals surface area (Å²) in [5, 5.41) is 0. The Balaban J connectivity index is 4.10. The second-order valence-electron chi connectivity index (χ2n) is 2.20. The van der Waals surface area contributed by atoms with Gasteiger partial charge in [-0.05, 0) is 31.4 Å². The highest BCUT2D eigenvalue weighted by Crippen LogP contribution is 2.17. The van der Waals surface area contributed by atoms with E-state index in [9.17, 15) is 0 Å². The van der Waals surface area contributed by atoms with Gasteiger partial charge < -0.3 is 0 Å². The summed E-state index contributed by atoms with van der Waals surface area (Å²) in [5.41, 5.74) is 1.35. The molecule has 0 amide bonds. The average Bonchev–Trinajstić information content (AvgIpc) is 1.99. The van der Waals surface area contributed by atoms with Crippen LogP contribution in [0.4, 0.5) is 0 Å². The first kappa shape index (κ1) is 9.83. The molecule has 1 heteroatoms. The minimum absolute atomic E-state index is 1.15. The van der Waals surface area contributed by atoms with Gasteiger partial charge in [-0.2, -0.15) is 0 Å². The molecular formula is C9H16S. The fourth-order valence-corrected chi connectivity index (χ4v) is 1.24. The molecule has 0 heterocycles. The Hall–Kier alpha value is -0.170. The van der Waals surface area contributed by atoms with Crippen molar-refractivity contribution in [3.05, 3.63) is 22.6 Å². The molecule has 0 aliphatic heterocycles. The van der Waals surface area contributed by atoms with E-state index >= 15 is 0 Å². The van der Waals surface area contributed by atoms with Gasteiger partial charge in [-0.1, -0.05) is 24.6 Å². The van der Waals surface area contributed by atoms with Crippen molar-refractivity contribution in [2.75, 3.05) is 6.26 Å². The van der Waals surface area contributed by atoms with Gasteiger partial charge in [-0.25, -0.2) is 0 Å². The molecule has 0 nitrogen and oxygen atoms in total. The van der Waals surface area contributed by atoms with Crippen molar-refractivity contribution >= 4 is 11.8 Å². The summed E-state index contributed by atoms with van der Waals surface area (Å²) in [6, 6.07) is 0. The Morgan fingerprint density at radius 1 is 1.50 bits per heavy atom. The third-order valence-corrected chi connectivity index (χ3v) is 2.39.